The molecule has 1 heterocycles. The van der Waals surface area contributed by atoms with Gasteiger partial charge in [0.05, 0.1) is 11.4 Å². The molecule has 1 rings (SSSR count). The van der Waals surface area contributed by atoms with Gasteiger partial charge in [-0.05, 0) is 26.7 Å². The van der Waals surface area contributed by atoms with Crippen LogP contribution in [0, 0.1) is 6.92 Å². The van der Waals surface area contributed by atoms with E-state index in [0.29, 0.717) is 6.42 Å². The van der Waals surface area contributed by atoms with Crippen molar-refractivity contribution in [3.05, 3.63) is 11.9 Å². The van der Waals surface area contributed by atoms with E-state index in [9.17, 15) is 13.2 Å². The summed E-state index contributed by atoms with van der Waals surface area (Å²) in [5.41, 5.74) is 1.74. The number of hydrogen-bond donors (Lipinski definition) is 1. The van der Waals surface area contributed by atoms with Crippen molar-refractivity contribution in [1.82, 2.24) is 9.78 Å². The van der Waals surface area contributed by atoms with Crippen molar-refractivity contribution < 1.29 is 13.2 Å². The van der Waals surface area contributed by atoms with Crippen molar-refractivity contribution >= 4 is 5.69 Å². The van der Waals surface area contributed by atoms with Crippen LogP contribution in [-0.4, -0.2) is 22.0 Å². The van der Waals surface area contributed by atoms with E-state index >= 15 is 0 Å². The molecular formula is C11H18F3N3. The summed E-state index contributed by atoms with van der Waals surface area (Å²) in [5, 5.41) is 7.32. The Bertz CT molecular complexity index is 357. The zero-order chi connectivity index (χ0) is 13.1. The normalized spacial score (nSPS) is 13.8. The summed E-state index contributed by atoms with van der Waals surface area (Å²) in [6.45, 7) is 3.74. The SMILES string of the molecule is Cc1nn(C)cc1NC(C)CCCC(F)(F)F. The molecule has 1 atom stereocenters. The third-order valence-electron chi connectivity index (χ3n) is 2.51. The molecule has 1 aromatic heterocycles. The van der Waals surface area contributed by atoms with Gasteiger partial charge in [0.2, 0.25) is 0 Å². The van der Waals surface area contributed by atoms with Gasteiger partial charge in [-0.1, -0.05) is 0 Å². The molecule has 3 nitrogen and oxygen atoms in total. The van der Waals surface area contributed by atoms with Crippen LogP contribution in [0.25, 0.3) is 0 Å². The van der Waals surface area contributed by atoms with Gasteiger partial charge >= 0.3 is 6.18 Å². The Kier molecular flexibility index (Phi) is 4.42. The molecule has 0 amide bonds. The molecule has 17 heavy (non-hydrogen) atoms. The fraction of sp³-hybridized carbons (Fsp3) is 0.727. The first-order valence-electron chi connectivity index (χ1n) is 5.61. The highest BCUT2D eigenvalue weighted by atomic mass is 19.4. The van der Waals surface area contributed by atoms with E-state index in [0.717, 1.165) is 11.4 Å². The van der Waals surface area contributed by atoms with Crippen LogP contribution in [0.2, 0.25) is 0 Å². The number of alkyl halides is 3. The van der Waals surface area contributed by atoms with Crippen molar-refractivity contribution in [2.24, 2.45) is 7.05 Å². The smallest absolute Gasteiger partial charge is 0.380 e. The van der Waals surface area contributed by atoms with Gasteiger partial charge in [-0.15, -0.1) is 0 Å². The van der Waals surface area contributed by atoms with E-state index in [4.69, 9.17) is 0 Å². The monoisotopic (exact) mass is 249 g/mol. The largest absolute Gasteiger partial charge is 0.389 e. The van der Waals surface area contributed by atoms with Crippen LogP contribution in [0.1, 0.15) is 31.9 Å². The third kappa shape index (κ3) is 5.10. The first-order chi connectivity index (χ1) is 7.78. The molecule has 1 unspecified atom stereocenters. The average Bonchev–Trinajstić information content (AvgIpc) is 2.42. The second-order valence-electron chi connectivity index (χ2n) is 4.35. The molecule has 1 N–H and O–H groups in total. The van der Waals surface area contributed by atoms with Crippen LogP contribution < -0.4 is 5.32 Å². The minimum Gasteiger partial charge on any atom is -0.380 e. The maximum Gasteiger partial charge on any atom is 0.389 e. The minimum absolute atomic E-state index is 0.0141. The number of nitrogens with one attached hydrogen (secondary N) is 1. The van der Waals surface area contributed by atoms with E-state index in [2.05, 4.69) is 10.4 Å². The molecule has 1 aromatic rings. The number of rotatable bonds is 5. The number of halogens is 3. The van der Waals surface area contributed by atoms with Crippen molar-refractivity contribution in [3.8, 4) is 0 Å². The molecule has 0 bridgehead atoms. The van der Waals surface area contributed by atoms with Gasteiger partial charge in [0.1, 0.15) is 0 Å². The van der Waals surface area contributed by atoms with Crippen LogP contribution in [0.3, 0.4) is 0 Å². The number of anilines is 1. The first-order valence-corrected chi connectivity index (χ1v) is 5.61. The van der Waals surface area contributed by atoms with E-state index < -0.39 is 12.6 Å². The number of aryl methyl sites for hydroxylation is 2. The third-order valence-corrected chi connectivity index (χ3v) is 2.51. The van der Waals surface area contributed by atoms with Gasteiger partial charge in [0, 0.05) is 25.7 Å². The van der Waals surface area contributed by atoms with Gasteiger partial charge in [0.15, 0.2) is 0 Å². The van der Waals surface area contributed by atoms with Crippen molar-refractivity contribution in [2.75, 3.05) is 5.32 Å². The summed E-state index contributed by atoms with van der Waals surface area (Å²) < 4.78 is 37.6. The zero-order valence-corrected chi connectivity index (χ0v) is 10.3. The maximum atomic E-state index is 12.0. The van der Waals surface area contributed by atoms with Gasteiger partial charge in [-0.25, -0.2) is 0 Å². The summed E-state index contributed by atoms with van der Waals surface area (Å²) in [6, 6.07) is 0.0141. The van der Waals surface area contributed by atoms with Crippen molar-refractivity contribution in [3.63, 3.8) is 0 Å². The lowest BCUT2D eigenvalue weighted by Gasteiger charge is -2.14. The lowest BCUT2D eigenvalue weighted by molar-refractivity contribution is -0.135. The van der Waals surface area contributed by atoms with E-state index in [-0.39, 0.29) is 12.5 Å². The van der Waals surface area contributed by atoms with Crippen LogP contribution in [0.15, 0.2) is 6.20 Å². The molecule has 0 spiro atoms. The fourth-order valence-electron chi connectivity index (χ4n) is 1.69. The Balaban J connectivity index is 2.35. The predicted molar refractivity (Wildman–Crippen MR) is 60.9 cm³/mol. The second kappa shape index (κ2) is 5.42. The Morgan fingerprint density at radius 2 is 2.12 bits per heavy atom. The van der Waals surface area contributed by atoms with Crippen LogP contribution in [0.5, 0.6) is 0 Å². The van der Waals surface area contributed by atoms with Crippen molar-refractivity contribution in [2.45, 2.75) is 45.3 Å². The van der Waals surface area contributed by atoms with Gasteiger partial charge < -0.3 is 5.32 Å². The summed E-state index contributed by atoms with van der Waals surface area (Å²) >= 11 is 0. The lowest BCUT2D eigenvalue weighted by Crippen LogP contribution is -2.17. The van der Waals surface area contributed by atoms with Crippen LogP contribution in [-0.2, 0) is 7.05 Å². The molecule has 6 heteroatoms. The van der Waals surface area contributed by atoms with E-state index in [1.165, 1.54) is 0 Å². The predicted octanol–water partition coefficient (Wildman–Crippen LogP) is 3.26. The number of nitrogens with zero attached hydrogens (tertiary/aromatic N) is 2. The van der Waals surface area contributed by atoms with Gasteiger partial charge in [-0.3, -0.25) is 4.68 Å². The Labute approximate surface area is 99.0 Å². The lowest BCUT2D eigenvalue weighted by atomic mass is 10.1. The Morgan fingerprint density at radius 3 is 2.59 bits per heavy atom. The molecule has 0 saturated carbocycles. The molecule has 0 aliphatic carbocycles. The van der Waals surface area contributed by atoms with Gasteiger partial charge in [0.25, 0.3) is 0 Å². The zero-order valence-electron chi connectivity index (χ0n) is 10.3. The highest BCUT2D eigenvalue weighted by Gasteiger charge is 2.26. The fourth-order valence-corrected chi connectivity index (χ4v) is 1.69. The highest BCUT2D eigenvalue weighted by Crippen LogP contribution is 2.23. The average molecular weight is 249 g/mol. The Morgan fingerprint density at radius 1 is 1.47 bits per heavy atom. The first kappa shape index (κ1) is 13.9. The second-order valence-corrected chi connectivity index (χ2v) is 4.35. The van der Waals surface area contributed by atoms with Crippen LogP contribution >= 0.6 is 0 Å². The molecular weight excluding hydrogens is 231 g/mol. The number of hydrogen-bond acceptors (Lipinski definition) is 2. The molecule has 0 aliphatic heterocycles. The van der Waals surface area contributed by atoms with E-state index in [1.54, 1.807) is 4.68 Å². The summed E-state index contributed by atoms with van der Waals surface area (Å²) in [7, 11) is 1.81. The van der Waals surface area contributed by atoms with Crippen molar-refractivity contribution in [1.29, 1.82) is 0 Å². The molecule has 0 fully saturated rings. The maximum absolute atomic E-state index is 12.0. The standard InChI is InChI=1S/C11H18F3N3/c1-8(5-4-6-11(12,13)14)15-10-7-17(3)16-9(10)2/h7-8,15H,4-6H2,1-3H3. The molecule has 0 aliphatic rings. The topological polar surface area (TPSA) is 29.9 Å². The molecule has 0 aromatic carbocycles. The van der Waals surface area contributed by atoms with Gasteiger partial charge in [-0.2, -0.15) is 18.3 Å². The van der Waals surface area contributed by atoms with Crippen LogP contribution in [0.4, 0.5) is 18.9 Å². The Hall–Kier alpha value is -1.20. The summed E-state index contributed by atoms with van der Waals surface area (Å²) in [4.78, 5) is 0. The van der Waals surface area contributed by atoms with E-state index in [1.807, 2.05) is 27.1 Å². The summed E-state index contributed by atoms with van der Waals surface area (Å²) in [5.74, 6) is 0. The molecule has 98 valence electrons. The highest BCUT2D eigenvalue weighted by molar-refractivity contribution is 5.46. The molecule has 0 saturated heterocycles. The minimum atomic E-state index is -4.05. The quantitative estimate of drug-likeness (QED) is 0.868. The molecule has 0 radical (unpaired) electrons. The number of aromatic nitrogens is 2. The summed E-state index contributed by atoms with van der Waals surface area (Å²) in [6.07, 6.45) is -2.30.